The molecule has 0 heterocycles. The van der Waals surface area contributed by atoms with Crippen LogP contribution in [0.5, 0.6) is 5.75 Å². The van der Waals surface area contributed by atoms with E-state index >= 15 is 0 Å². The van der Waals surface area contributed by atoms with Gasteiger partial charge in [-0.05, 0) is 17.7 Å². The fraction of sp³-hybridized carbons (Fsp3) is 0.188. The molecule has 2 aromatic carbocycles. The molecule has 3 nitrogen and oxygen atoms in total. The lowest BCUT2D eigenvalue weighted by Crippen LogP contribution is -2.26. The first-order valence-corrected chi connectivity index (χ1v) is 6.19. The van der Waals surface area contributed by atoms with E-state index < -0.39 is 0 Å². The molecule has 2 rings (SSSR count). The quantitative estimate of drug-likeness (QED) is 0.672. The summed E-state index contributed by atoms with van der Waals surface area (Å²) in [6, 6.07) is 17.7. The number of nitrogens with zero attached hydrogens (tertiary/aromatic N) is 1. The van der Waals surface area contributed by atoms with E-state index in [1.54, 1.807) is 7.11 Å². The van der Waals surface area contributed by atoms with Crippen LogP contribution in [0.15, 0.2) is 54.6 Å². The first kappa shape index (κ1) is 13.1. The molecule has 0 bridgehead atoms. The van der Waals surface area contributed by atoms with Gasteiger partial charge in [0.2, 0.25) is 0 Å². The van der Waals surface area contributed by atoms with E-state index in [9.17, 15) is 0 Å². The zero-order valence-corrected chi connectivity index (χ0v) is 11.3. The van der Waals surface area contributed by atoms with E-state index in [-0.39, 0.29) is 0 Å². The Morgan fingerprint density at radius 2 is 1.68 bits per heavy atom. The van der Waals surface area contributed by atoms with Crippen molar-refractivity contribution < 1.29 is 4.74 Å². The Balaban J connectivity index is 2.04. The minimum absolute atomic E-state index is 0.524. The molecule has 0 fully saturated rings. The second-order valence-corrected chi connectivity index (χ2v) is 4.42. The highest BCUT2D eigenvalue weighted by molar-refractivity contribution is 5.96. The Bertz CT molecular complexity index is 534. The molecule has 2 aromatic rings. The van der Waals surface area contributed by atoms with Crippen molar-refractivity contribution in [1.29, 1.82) is 5.41 Å². The highest BCUT2D eigenvalue weighted by atomic mass is 16.5. The standard InChI is InChI=1S/C16H18N2O/c1-18(16(17)14-6-4-3-5-7-14)12-13-8-10-15(19-2)11-9-13/h3-11,17H,12H2,1-2H3. The SMILES string of the molecule is COc1ccc(CN(C)C(=N)c2ccccc2)cc1. The molecule has 0 unspecified atom stereocenters. The molecule has 3 heteroatoms. The Morgan fingerprint density at radius 1 is 1.05 bits per heavy atom. The summed E-state index contributed by atoms with van der Waals surface area (Å²) in [5.74, 6) is 1.38. The molecule has 0 aromatic heterocycles. The van der Waals surface area contributed by atoms with Gasteiger partial charge in [-0.25, -0.2) is 0 Å². The van der Waals surface area contributed by atoms with Gasteiger partial charge in [0.05, 0.1) is 7.11 Å². The van der Waals surface area contributed by atoms with Crippen LogP contribution in [-0.2, 0) is 6.54 Å². The van der Waals surface area contributed by atoms with Crippen LogP contribution in [0.3, 0.4) is 0 Å². The molecule has 0 spiro atoms. The van der Waals surface area contributed by atoms with Gasteiger partial charge in [-0.15, -0.1) is 0 Å². The summed E-state index contributed by atoms with van der Waals surface area (Å²) in [5.41, 5.74) is 2.09. The molecule has 0 saturated carbocycles. The number of rotatable bonds is 4. The monoisotopic (exact) mass is 254 g/mol. The summed E-state index contributed by atoms with van der Waals surface area (Å²) >= 11 is 0. The predicted molar refractivity (Wildman–Crippen MR) is 77.7 cm³/mol. The number of hydrogen-bond acceptors (Lipinski definition) is 2. The molecular weight excluding hydrogens is 236 g/mol. The van der Waals surface area contributed by atoms with Crippen molar-refractivity contribution in [2.75, 3.05) is 14.2 Å². The van der Waals surface area contributed by atoms with E-state index in [0.717, 1.165) is 16.9 Å². The van der Waals surface area contributed by atoms with Crippen molar-refractivity contribution in [3.8, 4) is 5.75 Å². The van der Waals surface area contributed by atoms with Crippen LogP contribution in [0.2, 0.25) is 0 Å². The number of benzene rings is 2. The van der Waals surface area contributed by atoms with E-state index in [1.807, 2.05) is 66.5 Å². The summed E-state index contributed by atoms with van der Waals surface area (Å²) in [4.78, 5) is 1.93. The number of hydrogen-bond donors (Lipinski definition) is 1. The second-order valence-electron chi connectivity index (χ2n) is 4.42. The van der Waals surface area contributed by atoms with E-state index in [1.165, 1.54) is 0 Å². The Kier molecular flexibility index (Phi) is 4.18. The first-order chi connectivity index (χ1) is 9.20. The van der Waals surface area contributed by atoms with Gasteiger partial charge in [0.15, 0.2) is 0 Å². The van der Waals surface area contributed by atoms with E-state index in [4.69, 9.17) is 10.1 Å². The molecule has 0 aliphatic heterocycles. The Hall–Kier alpha value is -2.29. The third-order valence-electron chi connectivity index (χ3n) is 3.01. The topological polar surface area (TPSA) is 36.3 Å². The van der Waals surface area contributed by atoms with Gasteiger partial charge in [0.25, 0.3) is 0 Å². The minimum Gasteiger partial charge on any atom is -0.497 e. The van der Waals surface area contributed by atoms with Crippen LogP contribution in [0.25, 0.3) is 0 Å². The maximum absolute atomic E-state index is 8.16. The van der Waals surface area contributed by atoms with Gasteiger partial charge in [0.1, 0.15) is 11.6 Å². The minimum atomic E-state index is 0.524. The average molecular weight is 254 g/mol. The van der Waals surface area contributed by atoms with Gasteiger partial charge < -0.3 is 9.64 Å². The summed E-state index contributed by atoms with van der Waals surface area (Å²) in [7, 11) is 3.59. The van der Waals surface area contributed by atoms with Crippen LogP contribution in [0.1, 0.15) is 11.1 Å². The lowest BCUT2D eigenvalue weighted by atomic mass is 10.1. The smallest absolute Gasteiger partial charge is 0.128 e. The summed E-state index contributed by atoms with van der Waals surface area (Å²) in [6.45, 7) is 0.706. The van der Waals surface area contributed by atoms with Crippen LogP contribution >= 0.6 is 0 Å². The molecule has 0 amide bonds. The average Bonchev–Trinajstić information content (AvgIpc) is 2.48. The molecular formula is C16H18N2O. The molecule has 0 aliphatic rings. The molecule has 0 radical (unpaired) electrons. The molecule has 19 heavy (non-hydrogen) atoms. The van der Waals surface area contributed by atoms with Gasteiger partial charge in [-0.2, -0.15) is 0 Å². The number of ether oxygens (including phenoxy) is 1. The number of amidine groups is 1. The van der Waals surface area contributed by atoms with Gasteiger partial charge in [-0.3, -0.25) is 5.41 Å². The highest BCUT2D eigenvalue weighted by Crippen LogP contribution is 2.13. The van der Waals surface area contributed by atoms with Crippen molar-refractivity contribution in [1.82, 2.24) is 4.90 Å². The fourth-order valence-corrected chi connectivity index (χ4v) is 1.90. The zero-order chi connectivity index (χ0) is 13.7. The molecule has 0 aliphatic carbocycles. The maximum Gasteiger partial charge on any atom is 0.128 e. The largest absolute Gasteiger partial charge is 0.497 e. The lowest BCUT2D eigenvalue weighted by molar-refractivity contribution is 0.414. The summed E-state index contributed by atoms with van der Waals surface area (Å²) in [5, 5.41) is 8.16. The third kappa shape index (κ3) is 3.35. The van der Waals surface area contributed by atoms with Gasteiger partial charge >= 0.3 is 0 Å². The normalized spacial score (nSPS) is 10.0. The highest BCUT2D eigenvalue weighted by Gasteiger charge is 2.07. The van der Waals surface area contributed by atoms with Crippen molar-refractivity contribution >= 4 is 5.84 Å². The van der Waals surface area contributed by atoms with Crippen molar-refractivity contribution in [2.24, 2.45) is 0 Å². The molecule has 0 atom stereocenters. The van der Waals surface area contributed by atoms with Crippen LogP contribution in [-0.4, -0.2) is 24.9 Å². The number of nitrogens with one attached hydrogen (secondary N) is 1. The van der Waals surface area contributed by atoms with Crippen molar-refractivity contribution in [3.05, 3.63) is 65.7 Å². The second kappa shape index (κ2) is 6.05. The van der Waals surface area contributed by atoms with Crippen molar-refractivity contribution in [2.45, 2.75) is 6.54 Å². The predicted octanol–water partition coefficient (Wildman–Crippen LogP) is 3.15. The first-order valence-electron chi connectivity index (χ1n) is 6.19. The van der Waals surface area contributed by atoms with Crippen LogP contribution < -0.4 is 4.74 Å². The van der Waals surface area contributed by atoms with Gasteiger partial charge in [-0.1, -0.05) is 42.5 Å². The van der Waals surface area contributed by atoms with E-state index in [2.05, 4.69) is 0 Å². The molecule has 1 N–H and O–H groups in total. The van der Waals surface area contributed by atoms with Crippen LogP contribution in [0.4, 0.5) is 0 Å². The molecule has 0 saturated heterocycles. The van der Waals surface area contributed by atoms with E-state index in [0.29, 0.717) is 12.4 Å². The summed E-state index contributed by atoms with van der Waals surface area (Å²) < 4.78 is 5.14. The molecule has 98 valence electrons. The summed E-state index contributed by atoms with van der Waals surface area (Å²) in [6.07, 6.45) is 0. The van der Waals surface area contributed by atoms with Gasteiger partial charge in [0, 0.05) is 19.2 Å². The number of methoxy groups -OCH3 is 1. The Morgan fingerprint density at radius 3 is 2.26 bits per heavy atom. The van der Waals surface area contributed by atoms with Crippen molar-refractivity contribution in [3.63, 3.8) is 0 Å². The maximum atomic E-state index is 8.16. The Labute approximate surface area is 114 Å². The van der Waals surface area contributed by atoms with Crippen LogP contribution in [0, 0.1) is 5.41 Å². The fourth-order valence-electron chi connectivity index (χ4n) is 1.90. The lowest BCUT2D eigenvalue weighted by Gasteiger charge is -2.20. The zero-order valence-electron chi connectivity index (χ0n) is 11.3. The third-order valence-corrected chi connectivity index (χ3v) is 3.01.